The summed E-state index contributed by atoms with van der Waals surface area (Å²) in [5.74, 6) is 0. The molecule has 0 bridgehead atoms. The zero-order valence-corrected chi connectivity index (χ0v) is 25.2. The van der Waals surface area contributed by atoms with E-state index < -0.39 is 0 Å². The Morgan fingerprint density at radius 1 is 0.865 bits per heavy atom. The number of unbranched alkanes of at least 4 members (excludes halogenated alkanes) is 1. The number of nitrogens with zero attached hydrogens (tertiary/aromatic N) is 1. The lowest BCUT2D eigenvalue weighted by Gasteiger charge is -2.36. The Morgan fingerprint density at radius 2 is 1.54 bits per heavy atom. The topological polar surface area (TPSA) is 23.8 Å². The molecule has 1 fully saturated rings. The molecule has 37 heavy (non-hydrogen) atoms. The highest BCUT2D eigenvalue weighted by Crippen LogP contribution is 2.43. The first-order valence-electron chi connectivity index (χ1n) is 15.4. The molecule has 1 nitrogen and oxygen atoms in total. The summed E-state index contributed by atoms with van der Waals surface area (Å²) >= 11 is 0. The molecule has 1 atom stereocenters. The van der Waals surface area contributed by atoms with Crippen LogP contribution in [0.3, 0.4) is 0 Å². The fraction of sp³-hybridized carbons (Fsp3) is 0.639. The van der Waals surface area contributed by atoms with Gasteiger partial charge in [0.15, 0.2) is 0 Å². The fourth-order valence-corrected chi connectivity index (χ4v) is 6.99. The Labute approximate surface area is 229 Å². The summed E-state index contributed by atoms with van der Waals surface area (Å²) in [7, 11) is 0. The van der Waals surface area contributed by atoms with Gasteiger partial charge in [-0.1, -0.05) is 104 Å². The van der Waals surface area contributed by atoms with Crippen molar-refractivity contribution >= 4 is 0 Å². The lowest BCUT2D eigenvalue weighted by Crippen LogP contribution is -2.27. The molecule has 0 aliphatic heterocycles. The summed E-state index contributed by atoms with van der Waals surface area (Å²) in [5, 5.41) is 10.5. The predicted octanol–water partition coefficient (Wildman–Crippen LogP) is 10.4. The van der Waals surface area contributed by atoms with Crippen LogP contribution in [0.2, 0.25) is 0 Å². The Balaban J connectivity index is 2.18. The standard InChI is InChI=1S/C36H53N/c1-8-12-17-29-22-31(32(26-37)34(24-29)35(6,11-4)18-10-3)25-30-21-28(16-9-2)23-33(27(30)5)36(7)19-14-13-15-20-36/h21-24H,8-20,25H2,1-7H3. The van der Waals surface area contributed by atoms with E-state index in [1.165, 1.54) is 84.7 Å². The fourth-order valence-electron chi connectivity index (χ4n) is 6.99. The van der Waals surface area contributed by atoms with Crippen molar-refractivity contribution in [1.82, 2.24) is 0 Å². The van der Waals surface area contributed by atoms with Crippen LogP contribution in [0.1, 0.15) is 157 Å². The molecule has 0 saturated heterocycles. The molecule has 1 heteroatoms. The van der Waals surface area contributed by atoms with Crippen molar-refractivity contribution in [2.24, 2.45) is 0 Å². The molecule has 0 radical (unpaired) electrons. The highest BCUT2D eigenvalue weighted by Gasteiger charge is 2.32. The molecule has 0 aromatic heterocycles. The molecule has 1 saturated carbocycles. The second kappa shape index (κ2) is 13.1. The largest absolute Gasteiger partial charge is 0.192 e. The highest BCUT2D eigenvalue weighted by atomic mass is 14.4. The predicted molar refractivity (Wildman–Crippen MR) is 161 cm³/mol. The van der Waals surface area contributed by atoms with Gasteiger partial charge in [-0.2, -0.15) is 5.26 Å². The quantitative estimate of drug-likeness (QED) is 0.285. The molecule has 2 aromatic rings. The van der Waals surface area contributed by atoms with Crippen molar-refractivity contribution < 1.29 is 0 Å². The molecule has 1 aliphatic carbocycles. The third kappa shape index (κ3) is 6.69. The van der Waals surface area contributed by atoms with E-state index >= 15 is 0 Å². The van der Waals surface area contributed by atoms with Crippen LogP contribution in [0.15, 0.2) is 24.3 Å². The van der Waals surface area contributed by atoms with E-state index in [0.717, 1.165) is 44.1 Å². The Morgan fingerprint density at radius 3 is 2.14 bits per heavy atom. The molecule has 1 aliphatic rings. The van der Waals surface area contributed by atoms with Gasteiger partial charge in [0.1, 0.15) is 0 Å². The van der Waals surface area contributed by atoms with Gasteiger partial charge in [0.2, 0.25) is 0 Å². The summed E-state index contributed by atoms with van der Waals surface area (Å²) in [6.45, 7) is 16.4. The van der Waals surface area contributed by atoms with E-state index in [4.69, 9.17) is 0 Å². The van der Waals surface area contributed by atoms with Gasteiger partial charge in [0.25, 0.3) is 0 Å². The maximum Gasteiger partial charge on any atom is 0.0997 e. The SMILES string of the molecule is CCCCc1cc(Cc2cc(CCC)cc(C3(C)CCCCC3)c2C)c(C#N)c(C(C)(CC)CCC)c1. The minimum atomic E-state index is 0.0522. The molecule has 0 spiro atoms. The minimum Gasteiger partial charge on any atom is -0.192 e. The Kier molecular flexibility index (Phi) is 10.5. The van der Waals surface area contributed by atoms with Crippen molar-refractivity contribution in [2.45, 2.75) is 149 Å². The molecule has 3 rings (SSSR count). The molecule has 202 valence electrons. The number of rotatable bonds is 12. The van der Waals surface area contributed by atoms with Gasteiger partial charge in [-0.25, -0.2) is 0 Å². The van der Waals surface area contributed by atoms with Crippen LogP contribution in [-0.2, 0) is 30.1 Å². The summed E-state index contributed by atoms with van der Waals surface area (Å²) < 4.78 is 0. The van der Waals surface area contributed by atoms with Gasteiger partial charge in [-0.15, -0.1) is 0 Å². The van der Waals surface area contributed by atoms with Crippen LogP contribution in [0, 0.1) is 18.3 Å². The van der Waals surface area contributed by atoms with E-state index in [1.807, 2.05) is 0 Å². The molecular formula is C36H53N. The number of hydrogen-bond acceptors (Lipinski definition) is 1. The van der Waals surface area contributed by atoms with Crippen molar-refractivity contribution in [1.29, 1.82) is 5.26 Å². The first-order valence-corrected chi connectivity index (χ1v) is 15.4. The Hall–Kier alpha value is -2.07. The zero-order valence-electron chi connectivity index (χ0n) is 25.2. The van der Waals surface area contributed by atoms with E-state index in [0.29, 0.717) is 0 Å². The van der Waals surface area contributed by atoms with Crippen molar-refractivity contribution in [3.05, 3.63) is 68.8 Å². The zero-order chi connectivity index (χ0) is 27.1. The van der Waals surface area contributed by atoms with Gasteiger partial charge < -0.3 is 0 Å². The molecule has 0 amide bonds. The summed E-state index contributed by atoms with van der Waals surface area (Å²) in [6.07, 6.45) is 16.7. The monoisotopic (exact) mass is 499 g/mol. The van der Waals surface area contributed by atoms with Crippen LogP contribution in [0.4, 0.5) is 0 Å². The summed E-state index contributed by atoms with van der Waals surface area (Å²) in [4.78, 5) is 0. The molecule has 0 heterocycles. The van der Waals surface area contributed by atoms with Crippen molar-refractivity contribution in [3.8, 4) is 6.07 Å². The van der Waals surface area contributed by atoms with E-state index in [-0.39, 0.29) is 10.8 Å². The summed E-state index contributed by atoms with van der Waals surface area (Å²) in [5.41, 5.74) is 11.2. The van der Waals surface area contributed by atoms with Crippen LogP contribution in [0.5, 0.6) is 0 Å². The van der Waals surface area contributed by atoms with Crippen LogP contribution >= 0.6 is 0 Å². The third-order valence-corrected chi connectivity index (χ3v) is 9.54. The molecule has 2 aromatic carbocycles. The van der Waals surface area contributed by atoms with Gasteiger partial charge in [0.05, 0.1) is 11.6 Å². The number of hydrogen-bond donors (Lipinski definition) is 0. The highest BCUT2D eigenvalue weighted by molar-refractivity contribution is 5.53. The van der Waals surface area contributed by atoms with E-state index in [1.54, 1.807) is 5.56 Å². The van der Waals surface area contributed by atoms with E-state index in [9.17, 15) is 5.26 Å². The van der Waals surface area contributed by atoms with Gasteiger partial charge >= 0.3 is 0 Å². The average molecular weight is 500 g/mol. The molecular weight excluding hydrogens is 446 g/mol. The van der Waals surface area contributed by atoms with Crippen molar-refractivity contribution in [3.63, 3.8) is 0 Å². The smallest absolute Gasteiger partial charge is 0.0997 e. The lowest BCUT2D eigenvalue weighted by atomic mass is 9.68. The Bertz CT molecular complexity index is 1080. The normalized spacial score (nSPS) is 16.8. The van der Waals surface area contributed by atoms with Crippen LogP contribution < -0.4 is 0 Å². The van der Waals surface area contributed by atoms with E-state index in [2.05, 4.69) is 78.8 Å². The maximum atomic E-state index is 10.5. The number of nitriles is 1. The van der Waals surface area contributed by atoms with Gasteiger partial charge in [-0.3, -0.25) is 0 Å². The maximum absolute atomic E-state index is 10.5. The average Bonchev–Trinajstić information content (AvgIpc) is 2.89. The number of aryl methyl sites for hydroxylation is 2. The van der Waals surface area contributed by atoms with Gasteiger partial charge in [-0.05, 0) is 108 Å². The second-order valence-corrected chi connectivity index (χ2v) is 12.5. The first-order chi connectivity index (χ1) is 17.7. The minimum absolute atomic E-state index is 0.0522. The van der Waals surface area contributed by atoms with Crippen LogP contribution in [0.25, 0.3) is 0 Å². The van der Waals surface area contributed by atoms with Gasteiger partial charge in [0, 0.05) is 0 Å². The lowest BCUT2D eigenvalue weighted by molar-refractivity contribution is 0.318. The molecule has 1 unspecified atom stereocenters. The summed E-state index contributed by atoms with van der Waals surface area (Å²) in [6, 6.07) is 12.5. The molecule has 0 N–H and O–H groups in total. The number of benzene rings is 2. The van der Waals surface area contributed by atoms with Crippen LogP contribution in [-0.4, -0.2) is 0 Å². The third-order valence-electron chi connectivity index (χ3n) is 9.54. The first kappa shape index (κ1) is 29.5. The van der Waals surface area contributed by atoms with Crippen molar-refractivity contribution in [2.75, 3.05) is 0 Å². The second-order valence-electron chi connectivity index (χ2n) is 12.5.